The van der Waals surface area contributed by atoms with Crippen molar-refractivity contribution in [1.29, 1.82) is 0 Å². The molecule has 0 spiro atoms. The topological polar surface area (TPSA) is 49.2 Å². The molecule has 0 unspecified atom stereocenters. The molecule has 3 heterocycles. The molecule has 0 N–H and O–H groups in total. The molecule has 23 heavy (non-hydrogen) atoms. The van der Waals surface area contributed by atoms with E-state index in [0.717, 1.165) is 57.3 Å². The first-order valence-corrected chi connectivity index (χ1v) is 8.48. The number of amides is 1. The Morgan fingerprint density at radius 1 is 1.22 bits per heavy atom. The fourth-order valence-electron chi connectivity index (χ4n) is 3.17. The van der Waals surface area contributed by atoms with Crippen molar-refractivity contribution in [2.45, 2.75) is 19.4 Å². The second-order valence-electron chi connectivity index (χ2n) is 6.54. The molecule has 0 saturated carbocycles. The van der Waals surface area contributed by atoms with E-state index >= 15 is 0 Å². The summed E-state index contributed by atoms with van der Waals surface area (Å²) in [6, 6.07) is 3.95. The molecule has 6 nitrogen and oxygen atoms in total. The van der Waals surface area contributed by atoms with Crippen molar-refractivity contribution in [3.63, 3.8) is 0 Å². The Kier molecular flexibility index (Phi) is 5.35. The van der Waals surface area contributed by atoms with Gasteiger partial charge < -0.3 is 19.0 Å². The van der Waals surface area contributed by atoms with E-state index in [1.165, 1.54) is 0 Å². The molecule has 128 valence electrons. The van der Waals surface area contributed by atoms with E-state index in [0.29, 0.717) is 13.0 Å². The Labute approximate surface area is 138 Å². The van der Waals surface area contributed by atoms with Gasteiger partial charge in [0.05, 0.1) is 6.61 Å². The highest BCUT2D eigenvalue weighted by Crippen LogP contribution is 2.24. The third-order valence-electron chi connectivity index (χ3n) is 4.73. The maximum Gasteiger partial charge on any atom is 0.223 e. The maximum absolute atomic E-state index is 12.3. The van der Waals surface area contributed by atoms with E-state index in [1.54, 1.807) is 0 Å². The van der Waals surface area contributed by atoms with Crippen LogP contribution in [0.25, 0.3) is 0 Å². The monoisotopic (exact) mass is 321 g/mol. The van der Waals surface area contributed by atoms with Gasteiger partial charge in [-0.05, 0) is 26.1 Å². The number of morpholine rings is 1. The van der Waals surface area contributed by atoms with Crippen LogP contribution >= 0.6 is 0 Å². The molecule has 1 aromatic rings. The van der Waals surface area contributed by atoms with Crippen LogP contribution in [-0.2, 0) is 9.53 Å². The van der Waals surface area contributed by atoms with Crippen molar-refractivity contribution in [3.8, 4) is 0 Å². The fourth-order valence-corrected chi connectivity index (χ4v) is 3.17. The Hall–Kier alpha value is -1.37. The molecule has 2 aliphatic rings. The average Bonchev–Trinajstić information content (AvgIpc) is 3.00. The number of nitrogens with zero attached hydrogens (tertiary/aromatic N) is 3. The predicted octanol–water partition coefficient (Wildman–Crippen LogP) is 1.13. The van der Waals surface area contributed by atoms with Gasteiger partial charge in [-0.1, -0.05) is 0 Å². The molecular formula is C17H27N3O3. The number of aryl methyl sites for hydroxylation is 1. The second-order valence-corrected chi connectivity index (χ2v) is 6.54. The smallest absolute Gasteiger partial charge is 0.223 e. The summed E-state index contributed by atoms with van der Waals surface area (Å²) in [6.07, 6.45) is 0.573. The van der Waals surface area contributed by atoms with E-state index in [4.69, 9.17) is 9.15 Å². The van der Waals surface area contributed by atoms with Gasteiger partial charge in [-0.3, -0.25) is 9.69 Å². The molecule has 2 aliphatic heterocycles. The van der Waals surface area contributed by atoms with Gasteiger partial charge in [0.15, 0.2) is 0 Å². The number of carbonyl (C=O) groups excluding carboxylic acids is 1. The number of furan rings is 1. The van der Waals surface area contributed by atoms with Crippen molar-refractivity contribution in [2.75, 3.05) is 59.5 Å². The number of carbonyl (C=O) groups is 1. The lowest BCUT2D eigenvalue weighted by Crippen LogP contribution is -2.48. The summed E-state index contributed by atoms with van der Waals surface area (Å²) >= 11 is 0. The van der Waals surface area contributed by atoms with Crippen LogP contribution in [0.2, 0.25) is 0 Å². The van der Waals surface area contributed by atoms with Crippen LogP contribution in [0, 0.1) is 6.92 Å². The first kappa shape index (κ1) is 16.5. The van der Waals surface area contributed by atoms with Gasteiger partial charge >= 0.3 is 0 Å². The van der Waals surface area contributed by atoms with Gasteiger partial charge in [0.2, 0.25) is 5.91 Å². The molecule has 2 fully saturated rings. The lowest BCUT2D eigenvalue weighted by Gasteiger charge is -2.34. The molecule has 0 bridgehead atoms. The van der Waals surface area contributed by atoms with Crippen LogP contribution in [-0.4, -0.2) is 80.1 Å². The number of likely N-dealkylation sites (N-methyl/N-ethyl adjacent to an activating group) is 1. The number of piperazine rings is 1. The number of ether oxygens (including phenoxy) is 1. The van der Waals surface area contributed by atoms with Crippen LogP contribution < -0.4 is 0 Å². The van der Waals surface area contributed by atoms with Gasteiger partial charge in [0.1, 0.15) is 17.6 Å². The third-order valence-corrected chi connectivity index (χ3v) is 4.73. The summed E-state index contributed by atoms with van der Waals surface area (Å²) in [7, 11) is 2.10. The van der Waals surface area contributed by atoms with Crippen LogP contribution in [0.5, 0.6) is 0 Å². The van der Waals surface area contributed by atoms with E-state index < -0.39 is 0 Å². The van der Waals surface area contributed by atoms with E-state index in [-0.39, 0.29) is 12.0 Å². The SMILES string of the molecule is Cc1ccc([C@H]2CN(CCC(=O)N3CCN(C)CC3)CCO2)o1. The van der Waals surface area contributed by atoms with Crippen molar-refractivity contribution in [1.82, 2.24) is 14.7 Å². The minimum absolute atomic E-state index is 0.0174. The van der Waals surface area contributed by atoms with Gasteiger partial charge in [0.25, 0.3) is 0 Å². The molecule has 0 aromatic carbocycles. The molecule has 1 amide bonds. The molecular weight excluding hydrogens is 294 g/mol. The highest BCUT2D eigenvalue weighted by molar-refractivity contribution is 5.76. The quantitative estimate of drug-likeness (QED) is 0.832. The minimum Gasteiger partial charge on any atom is -0.464 e. The van der Waals surface area contributed by atoms with Gasteiger partial charge in [-0.2, -0.15) is 0 Å². The molecule has 1 atom stereocenters. The largest absolute Gasteiger partial charge is 0.464 e. The van der Waals surface area contributed by atoms with E-state index in [2.05, 4.69) is 16.8 Å². The van der Waals surface area contributed by atoms with Crippen LogP contribution in [0.15, 0.2) is 16.5 Å². The second kappa shape index (κ2) is 7.47. The van der Waals surface area contributed by atoms with Crippen LogP contribution in [0.3, 0.4) is 0 Å². The summed E-state index contributed by atoms with van der Waals surface area (Å²) in [5.41, 5.74) is 0. The molecule has 3 rings (SSSR count). The Bertz CT molecular complexity index is 523. The molecule has 0 aliphatic carbocycles. The number of hydrogen-bond acceptors (Lipinski definition) is 5. The van der Waals surface area contributed by atoms with Gasteiger partial charge in [0, 0.05) is 52.2 Å². The van der Waals surface area contributed by atoms with Crippen molar-refractivity contribution < 1.29 is 13.9 Å². The number of hydrogen-bond donors (Lipinski definition) is 0. The van der Waals surface area contributed by atoms with Crippen molar-refractivity contribution >= 4 is 5.91 Å². The number of rotatable bonds is 4. The Morgan fingerprint density at radius 2 is 2.00 bits per heavy atom. The normalized spacial score (nSPS) is 24.1. The van der Waals surface area contributed by atoms with E-state index in [9.17, 15) is 4.79 Å². The Balaban J connectivity index is 1.45. The fraction of sp³-hybridized carbons (Fsp3) is 0.706. The molecule has 1 aromatic heterocycles. The third kappa shape index (κ3) is 4.34. The zero-order valence-electron chi connectivity index (χ0n) is 14.2. The molecule has 6 heteroatoms. The first-order chi connectivity index (χ1) is 11.1. The van der Waals surface area contributed by atoms with Crippen molar-refractivity contribution in [3.05, 3.63) is 23.7 Å². The summed E-state index contributed by atoms with van der Waals surface area (Å²) in [4.78, 5) is 18.9. The van der Waals surface area contributed by atoms with E-state index in [1.807, 2.05) is 24.0 Å². The lowest BCUT2D eigenvalue weighted by atomic mass is 10.2. The summed E-state index contributed by atoms with van der Waals surface area (Å²) in [6.45, 7) is 8.76. The van der Waals surface area contributed by atoms with Crippen LogP contribution in [0.4, 0.5) is 0 Å². The average molecular weight is 321 g/mol. The maximum atomic E-state index is 12.3. The zero-order chi connectivity index (χ0) is 16.2. The Morgan fingerprint density at radius 3 is 2.70 bits per heavy atom. The standard InChI is InChI=1S/C17H27N3O3/c1-14-3-4-15(23-14)16-13-19(11-12-22-16)6-5-17(21)20-9-7-18(2)8-10-20/h3-4,16H,5-13H2,1-2H3/t16-/m1/s1. The molecule has 2 saturated heterocycles. The molecule has 0 radical (unpaired) electrons. The van der Waals surface area contributed by atoms with Crippen LogP contribution in [0.1, 0.15) is 24.0 Å². The minimum atomic E-state index is -0.0174. The van der Waals surface area contributed by atoms with Gasteiger partial charge in [-0.25, -0.2) is 0 Å². The summed E-state index contributed by atoms with van der Waals surface area (Å²) in [5, 5.41) is 0. The zero-order valence-corrected chi connectivity index (χ0v) is 14.2. The highest BCUT2D eigenvalue weighted by atomic mass is 16.5. The summed E-state index contributed by atoms with van der Waals surface area (Å²) in [5.74, 6) is 2.07. The lowest BCUT2D eigenvalue weighted by molar-refractivity contribution is -0.133. The highest BCUT2D eigenvalue weighted by Gasteiger charge is 2.25. The summed E-state index contributed by atoms with van der Waals surface area (Å²) < 4.78 is 11.5. The predicted molar refractivity (Wildman–Crippen MR) is 87.3 cm³/mol. The van der Waals surface area contributed by atoms with Crippen molar-refractivity contribution in [2.24, 2.45) is 0 Å². The first-order valence-electron chi connectivity index (χ1n) is 8.48. The van der Waals surface area contributed by atoms with Gasteiger partial charge in [-0.15, -0.1) is 0 Å².